The highest BCUT2D eigenvalue weighted by Gasteiger charge is 2.10. The first-order valence-electron chi connectivity index (χ1n) is 7.40. The Bertz CT molecular complexity index is 701. The minimum Gasteiger partial charge on any atom is -0.493 e. The van der Waals surface area contributed by atoms with E-state index in [2.05, 4.69) is 5.32 Å². The predicted octanol–water partition coefficient (Wildman–Crippen LogP) is 2.85. The molecule has 0 saturated carbocycles. The van der Waals surface area contributed by atoms with Gasteiger partial charge >= 0.3 is 0 Å². The summed E-state index contributed by atoms with van der Waals surface area (Å²) in [5.74, 6) is 1.07. The molecule has 0 spiro atoms. The molecule has 128 valence electrons. The molecule has 0 aliphatic carbocycles. The van der Waals surface area contributed by atoms with E-state index >= 15 is 0 Å². The number of aryl methyl sites for hydroxylation is 1. The van der Waals surface area contributed by atoms with Gasteiger partial charge in [0.15, 0.2) is 18.1 Å². The highest BCUT2D eigenvalue weighted by molar-refractivity contribution is 5.77. The molecule has 2 aromatic carbocycles. The van der Waals surface area contributed by atoms with Crippen LogP contribution in [0.25, 0.3) is 0 Å². The minimum atomic E-state index is -0.351. The van der Waals surface area contributed by atoms with Crippen molar-refractivity contribution in [3.63, 3.8) is 0 Å². The maximum atomic E-state index is 12.8. The second kappa shape index (κ2) is 8.19. The van der Waals surface area contributed by atoms with Crippen molar-refractivity contribution in [1.82, 2.24) is 5.32 Å². The molecular formula is C18H20FNO4. The molecule has 2 aromatic rings. The lowest BCUT2D eigenvalue weighted by atomic mass is 10.1. The monoisotopic (exact) mass is 333 g/mol. The molecule has 0 heterocycles. The molecule has 0 unspecified atom stereocenters. The van der Waals surface area contributed by atoms with Crippen molar-refractivity contribution in [2.24, 2.45) is 0 Å². The maximum Gasteiger partial charge on any atom is 0.258 e. The fourth-order valence-corrected chi connectivity index (χ4v) is 2.14. The molecule has 24 heavy (non-hydrogen) atoms. The van der Waals surface area contributed by atoms with Crippen LogP contribution in [-0.2, 0) is 11.3 Å². The van der Waals surface area contributed by atoms with Gasteiger partial charge < -0.3 is 19.5 Å². The van der Waals surface area contributed by atoms with Crippen molar-refractivity contribution < 1.29 is 23.4 Å². The number of methoxy groups -OCH3 is 2. The number of hydrogen-bond acceptors (Lipinski definition) is 4. The smallest absolute Gasteiger partial charge is 0.258 e. The molecule has 0 fully saturated rings. The van der Waals surface area contributed by atoms with Gasteiger partial charge in [0, 0.05) is 6.54 Å². The zero-order valence-electron chi connectivity index (χ0n) is 13.9. The Labute approximate surface area is 140 Å². The Morgan fingerprint density at radius 2 is 1.71 bits per heavy atom. The first kappa shape index (κ1) is 17.6. The number of halogens is 1. The Morgan fingerprint density at radius 1 is 1.08 bits per heavy atom. The molecule has 0 bridgehead atoms. The molecule has 1 N–H and O–H groups in total. The van der Waals surface area contributed by atoms with Crippen LogP contribution in [-0.4, -0.2) is 26.7 Å². The molecule has 5 nitrogen and oxygen atoms in total. The summed E-state index contributed by atoms with van der Waals surface area (Å²) in [4.78, 5) is 11.9. The SMILES string of the molecule is COc1cc(C)c(CNC(=O)COc2ccc(F)cc2)cc1OC. The molecule has 0 aromatic heterocycles. The van der Waals surface area contributed by atoms with Crippen LogP contribution in [0.3, 0.4) is 0 Å². The molecule has 6 heteroatoms. The molecule has 0 atom stereocenters. The number of carbonyl (C=O) groups excluding carboxylic acids is 1. The fraction of sp³-hybridized carbons (Fsp3) is 0.278. The lowest BCUT2D eigenvalue weighted by molar-refractivity contribution is -0.123. The quantitative estimate of drug-likeness (QED) is 0.846. The van der Waals surface area contributed by atoms with Gasteiger partial charge in [-0.15, -0.1) is 0 Å². The summed E-state index contributed by atoms with van der Waals surface area (Å²) >= 11 is 0. The van der Waals surface area contributed by atoms with E-state index in [4.69, 9.17) is 14.2 Å². The number of carbonyl (C=O) groups is 1. The Morgan fingerprint density at radius 3 is 2.33 bits per heavy atom. The summed E-state index contributed by atoms with van der Waals surface area (Å²) in [7, 11) is 3.14. The normalized spacial score (nSPS) is 10.2. The molecule has 0 aliphatic rings. The molecule has 0 aliphatic heterocycles. The average Bonchev–Trinajstić information content (AvgIpc) is 2.59. The van der Waals surface area contributed by atoms with Crippen LogP contribution in [0, 0.1) is 12.7 Å². The number of benzene rings is 2. The summed E-state index contributed by atoms with van der Waals surface area (Å²) in [6, 6.07) is 9.19. The van der Waals surface area contributed by atoms with Gasteiger partial charge in [-0.1, -0.05) is 0 Å². The van der Waals surface area contributed by atoms with Gasteiger partial charge in [-0.3, -0.25) is 4.79 Å². The molecular weight excluding hydrogens is 313 g/mol. The summed E-state index contributed by atoms with van der Waals surface area (Å²) in [5, 5.41) is 2.78. The minimum absolute atomic E-state index is 0.141. The van der Waals surface area contributed by atoms with Crippen molar-refractivity contribution in [1.29, 1.82) is 0 Å². The summed E-state index contributed by atoms with van der Waals surface area (Å²) in [5.41, 5.74) is 1.90. The fourth-order valence-electron chi connectivity index (χ4n) is 2.14. The Hall–Kier alpha value is -2.76. The van der Waals surface area contributed by atoms with E-state index in [0.717, 1.165) is 11.1 Å². The summed E-state index contributed by atoms with van der Waals surface area (Å²) in [6.07, 6.45) is 0. The van der Waals surface area contributed by atoms with Crippen LogP contribution in [0.1, 0.15) is 11.1 Å². The number of amides is 1. The van der Waals surface area contributed by atoms with Crippen molar-refractivity contribution in [2.45, 2.75) is 13.5 Å². The molecule has 0 radical (unpaired) electrons. The lowest BCUT2D eigenvalue weighted by Gasteiger charge is -2.13. The standard InChI is InChI=1S/C18H20FNO4/c1-12-8-16(22-2)17(23-3)9-13(12)10-20-18(21)11-24-15-6-4-14(19)5-7-15/h4-9H,10-11H2,1-3H3,(H,20,21). The number of ether oxygens (including phenoxy) is 3. The number of rotatable bonds is 7. The Balaban J connectivity index is 1.90. The van der Waals surface area contributed by atoms with E-state index in [1.807, 2.05) is 19.1 Å². The van der Waals surface area contributed by atoms with Crippen LogP contribution in [0.4, 0.5) is 4.39 Å². The van der Waals surface area contributed by atoms with E-state index in [0.29, 0.717) is 23.8 Å². The van der Waals surface area contributed by atoms with Gasteiger partial charge in [-0.2, -0.15) is 0 Å². The summed E-state index contributed by atoms with van der Waals surface area (Å²) in [6.45, 7) is 2.13. The first-order chi connectivity index (χ1) is 11.5. The van der Waals surface area contributed by atoms with Crippen molar-refractivity contribution >= 4 is 5.91 Å². The third-order valence-corrected chi connectivity index (χ3v) is 3.50. The van der Waals surface area contributed by atoms with E-state index in [-0.39, 0.29) is 18.3 Å². The highest BCUT2D eigenvalue weighted by atomic mass is 19.1. The number of nitrogens with one attached hydrogen (secondary N) is 1. The first-order valence-corrected chi connectivity index (χ1v) is 7.40. The van der Waals surface area contributed by atoms with Gasteiger partial charge in [-0.05, 0) is 54.4 Å². The lowest BCUT2D eigenvalue weighted by Crippen LogP contribution is -2.28. The third-order valence-electron chi connectivity index (χ3n) is 3.50. The van der Waals surface area contributed by atoms with Crippen LogP contribution < -0.4 is 19.5 Å². The van der Waals surface area contributed by atoms with E-state index in [9.17, 15) is 9.18 Å². The Kier molecular flexibility index (Phi) is 6.01. The van der Waals surface area contributed by atoms with Gasteiger partial charge in [0.05, 0.1) is 14.2 Å². The van der Waals surface area contributed by atoms with Gasteiger partial charge in [0.2, 0.25) is 0 Å². The largest absolute Gasteiger partial charge is 0.493 e. The number of hydrogen-bond donors (Lipinski definition) is 1. The zero-order valence-corrected chi connectivity index (χ0v) is 13.9. The third kappa shape index (κ3) is 4.62. The summed E-state index contributed by atoms with van der Waals surface area (Å²) < 4.78 is 28.6. The van der Waals surface area contributed by atoms with Crippen LogP contribution >= 0.6 is 0 Å². The molecule has 1 amide bonds. The van der Waals surface area contributed by atoms with Crippen LogP contribution in [0.2, 0.25) is 0 Å². The maximum absolute atomic E-state index is 12.8. The van der Waals surface area contributed by atoms with E-state index in [1.165, 1.54) is 24.3 Å². The van der Waals surface area contributed by atoms with Gasteiger partial charge in [0.25, 0.3) is 5.91 Å². The zero-order chi connectivity index (χ0) is 17.5. The predicted molar refractivity (Wildman–Crippen MR) is 88.0 cm³/mol. The molecule has 0 saturated heterocycles. The molecule has 2 rings (SSSR count). The van der Waals surface area contributed by atoms with Gasteiger partial charge in [0.1, 0.15) is 11.6 Å². The van der Waals surface area contributed by atoms with Crippen LogP contribution in [0.15, 0.2) is 36.4 Å². The van der Waals surface area contributed by atoms with E-state index in [1.54, 1.807) is 14.2 Å². The highest BCUT2D eigenvalue weighted by Crippen LogP contribution is 2.30. The van der Waals surface area contributed by atoms with Crippen molar-refractivity contribution in [3.8, 4) is 17.2 Å². The average molecular weight is 333 g/mol. The van der Waals surface area contributed by atoms with Gasteiger partial charge in [-0.25, -0.2) is 4.39 Å². The van der Waals surface area contributed by atoms with E-state index < -0.39 is 0 Å². The second-order valence-electron chi connectivity index (χ2n) is 5.15. The van der Waals surface area contributed by atoms with Crippen LogP contribution in [0.5, 0.6) is 17.2 Å². The second-order valence-corrected chi connectivity index (χ2v) is 5.15. The van der Waals surface area contributed by atoms with Crippen molar-refractivity contribution in [2.75, 3.05) is 20.8 Å². The topological polar surface area (TPSA) is 56.8 Å². The van der Waals surface area contributed by atoms with Crippen molar-refractivity contribution in [3.05, 3.63) is 53.3 Å².